The normalized spacial score (nSPS) is 10.5. The SMILES string of the molecule is COc1ccc(NC(=O)COc2ccccc2-c2noc(-c3ccc(C)cc3)n2)cc1. The predicted molar refractivity (Wildman–Crippen MR) is 117 cm³/mol. The number of ether oxygens (including phenoxy) is 2. The number of rotatable bonds is 7. The number of hydrogen-bond donors (Lipinski definition) is 1. The second-order valence-corrected chi connectivity index (χ2v) is 6.85. The minimum Gasteiger partial charge on any atom is -0.497 e. The third kappa shape index (κ3) is 4.90. The highest BCUT2D eigenvalue weighted by molar-refractivity contribution is 5.92. The van der Waals surface area contributed by atoms with Crippen LogP contribution in [0.25, 0.3) is 22.8 Å². The van der Waals surface area contributed by atoms with E-state index in [2.05, 4.69) is 15.5 Å². The van der Waals surface area contributed by atoms with Crippen LogP contribution in [0.4, 0.5) is 5.69 Å². The van der Waals surface area contributed by atoms with Gasteiger partial charge in [0.1, 0.15) is 11.5 Å². The molecule has 0 atom stereocenters. The molecule has 31 heavy (non-hydrogen) atoms. The highest BCUT2D eigenvalue weighted by Crippen LogP contribution is 2.29. The van der Waals surface area contributed by atoms with Crippen molar-refractivity contribution < 1.29 is 18.8 Å². The zero-order valence-electron chi connectivity index (χ0n) is 17.2. The van der Waals surface area contributed by atoms with Crippen LogP contribution >= 0.6 is 0 Å². The van der Waals surface area contributed by atoms with E-state index < -0.39 is 0 Å². The topological polar surface area (TPSA) is 86.5 Å². The van der Waals surface area contributed by atoms with Crippen molar-refractivity contribution in [3.8, 4) is 34.3 Å². The zero-order chi connectivity index (χ0) is 21.6. The molecule has 4 rings (SSSR count). The largest absolute Gasteiger partial charge is 0.497 e. The van der Waals surface area contributed by atoms with Crippen molar-refractivity contribution in [3.63, 3.8) is 0 Å². The summed E-state index contributed by atoms with van der Waals surface area (Å²) < 4.78 is 16.3. The summed E-state index contributed by atoms with van der Waals surface area (Å²) in [6.07, 6.45) is 0. The lowest BCUT2D eigenvalue weighted by Gasteiger charge is -2.10. The highest BCUT2D eigenvalue weighted by atomic mass is 16.5. The minimum atomic E-state index is -0.284. The molecule has 0 unspecified atom stereocenters. The van der Waals surface area contributed by atoms with Crippen LogP contribution in [0.2, 0.25) is 0 Å². The molecule has 0 aliphatic carbocycles. The summed E-state index contributed by atoms with van der Waals surface area (Å²) in [5.74, 6) is 1.73. The Labute approximate surface area is 179 Å². The van der Waals surface area contributed by atoms with Crippen LogP contribution in [0.5, 0.6) is 11.5 Å². The first-order valence-corrected chi connectivity index (χ1v) is 9.69. The van der Waals surface area contributed by atoms with Crippen LogP contribution in [0.15, 0.2) is 77.3 Å². The number of carbonyl (C=O) groups is 1. The number of aryl methyl sites for hydroxylation is 1. The Bertz CT molecular complexity index is 1170. The number of para-hydroxylation sites is 1. The maximum absolute atomic E-state index is 12.3. The van der Waals surface area contributed by atoms with Gasteiger partial charge in [-0.3, -0.25) is 4.79 Å². The van der Waals surface area contributed by atoms with Gasteiger partial charge in [0.25, 0.3) is 11.8 Å². The number of amides is 1. The highest BCUT2D eigenvalue weighted by Gasteiger charge is 2.15. The summed E-state index contributed by atoms with van der Waals surface area (Å²) in [6, 6.07) is 22.1. The summed E-state index contributed by atoms with van der Waals surface area (Å²) in [7, 11) is 1.59. The summed E-state index contributed by atoms with van der Waals surface area (Å²) in [5, 5.41) is 6.86. The van der Waals surface area contributed by atoms with Crippen LogP contribution in [0.1, 0.15) is 5.56 Å². The molecule has 1 N–H and O–H groups in total. The number of anilines is 1. The molecule has 1 heterocycles. The number of benzene rings is 3. The maximum Gasteiger partial charge on any atom is 0.262 e. The Morgan fingerprint density at radius 3 is 2.48 bits per heavy atom. The van der Waals surface area contributed by atoms with E-state index in [0.717, 1.165) is 11.1 Å². The number of methoxy groups -OCH3 is 1. The molecule has 156 valence electrons. The van der Waals surface area contributed by atoms with E-state index in [-0.39, 0.29) is 12.5 Å². The van der Waals surface area contributed by atoms with Gasteiger partial charge >= 0.3 is 0 Å². The van der Waals surface area contributed by atoms with Gasteiger partial charge in [0.15, 0.2) is 6.61 Å². The van der Waals surface area contributed by atoms with Gasteiger partial charge in [0.05, 0.1) is 12.7 Å². The molecule has 0 aliphatic rings. The molecule has 1 aromatic heterocycles. The van der Waals surface area contributed by atoms with Gasteiger partial charge in [0, 0.05) is 11.3 Å². The number of aromatic nitrogens is 2. The molecule has 0 spiro atoms. The lowest BCUT2D eigenvalue weighted by atomic mass is 10.1. The molecular formula is C24H21N3O4. The standard InChI is InChI=1S/C24H21N3O4/c1-16-7-9-17(10-8-16)24-26-23(27-31-24)20-5-3-4-6-21(20)30-15-22(28)25-18-11-13-19(29-2)14-12-18/h3-14H,15H2,1-2H3,(H,25,28). The van der Waals surface area contributed by atoms with Crippen molar-refractivity contribution in [2.45, 2.75) is 6.92 Å². The van der Waals surface area contributed by atoms with Crippen molar-refractivity contribution >= 4 is 11.6 Å². The Kier molecular flexibility index (Phi) is 5.93. The number of nitrogens with one attached hydrogen (secondary N) is 1. The van der Waals surface area contributed by atoms with Gasteiger partial charge in [-0.05, 0) is 55.5 Å². The van der Waals surface area contributed by atoms with Gasteiger partial charge in [-0.25, -0.2) is 0 Å². The van der Waals surface area contributed by atoms with Crippen LogP contribution in [0.3, 0.4) is 0 Å². The monoisotopic (exact) mass is 415 g/mol. The predicted octanol–water partition coefficient (Wildman–Crippen LogP) is 4.74. The van der Waals surface area contributed by atoms with Crippen LogP contribution in [-0.4, -0.2) is 29.8 Å². The lowest BCUT2D eigenvalue weighted by Crippen LogP contribution is -2.20. The molecule has 3 aromatic carbocycles. The first-order valence-electron chi connectivity index (χ1n) is 9.69. The molecule has 7 heteroatoms. The fourth-order valence-corrected chi connectivity index (χ4v) is 2.94. The fraction of sp³-hybridized carbons (Fsp3) is 0.125. The van der Waals surface area contributed by atoms with E-state index >= 15 is 0 Å². The summed E-state index contributed by atoms with van der Waals surface area (Å²) in [6.45, 7) is 1.85. The number of nitrogens with zero attached hydrogens (tertiary/aromatic N) is 2. The van der Waals surface area contributed by atoms with Crippen molar-refractivity contribution in [1.29, 1.82) is 0 Å². The summed E-state index contributed by atoms with van der Waals surface area (Å²) >= 11 is 0. The molecule has 0 fully saturated rings. The molecule has 0 saturated carbocycles. The quantitative estimate of drug-likeness (QED) is 0.469. The first-order chi connectivity index (χ1) is 15.1. The third-order valence-corrected chi connectivity index (χ3v) is 4.59. The van der Waals surface area contributed by atoms with E-state index in [0.29, 0.717) is 34.5 Å². The smallest absolute Gasteiger partial charge is 0.262 e. The molecule has 0 aliphatic heterocycles. The zero-order valence-corrected chi connectivity index (χ0v) is 17.2. The number of carbonyl (C=O) groups excluding carboxylic acids is 1. The second-order valence-electron chi connectivity index (χ2n) is 6.85. The minimum absolute atomic E-state index is 0.161. The molecule has 1 amide bonds. The average molecular weight is 415 g/mol. The Hall–Kier alpha value is -4.13. The molecule has 0 saturated heterocycles. The lowest BCUT2D eigenvalue weighted by molar-refractivity contribution is -0.118. The number of hydrogen-bond acceptors (Lipinski definition) is 6. The van der Waals surface area contributed by atoms with Gasteiger partial charge in [-0.2, -0.15) is 4.98 Å². The van der Waals surface area contributed by atoms with Gasteiger partial charge in [0.2, 0.25) is 5.82 Å². The van der Waals surface area contributed by atoms with Crippen LogP contribution in [-0.2, 0) is 4.79 Å². The van der Waals surface area contributed by atoms with Crippen molar-refractivity contribution in [1.82, 2.24) is 10.1 Å². The third-order valence-electron chi connectivity index (χ3n) is 4.59. The van der Waals surface area contributed by atoms with E-state index in [1.807, 2.05) is 49.4 Å². The van der Waals surface area contributed by atoms with E-state index in [1.54, 1.807) is 37.4 Å². The van der Waals surface area contributed by atoms with E-state index in [1.165, 1.54) is 0 Å². The summed E-state index contributed by atoms with van der Waals surface area (Å²) in [5.41, 5.74) is 3.28. The average Bonchev–Trinajstić information content (AvgIpc) is 3.29. The maximum atomic E-state index is 12.3. The summed E-state index contributed by atoms with van der Waals surface area (Å²) in [4.78, 5) is 16.8. The molecule has 4 aromatic rings. The van der Waals surface area contributed by atoms with Crippen molar-refractivity contribution in [3.05, 3.63) is 78.4 Å². The Morgan fingerprint density at radius 1 is 1.00 bits per heavy atom. The van der Waals surface area contributed by atoms with E-state index in [4.69, 9.17) is 14.0 Å². The molecule has 0 bridgehead atoms. The molecule has 7 nitrogen and oxygen atoms in total. The fourth-order valence-electron chi connectivity index (χ4n) is 2.94. The first kappa shape index (κ1) is 20.2. The Morgan fingerprint density at radius 2 is 1.74 bits per heavy atom. The van der Waals surface area contributed by atoms with Crippen molar-refractivity contribution in [2.75, 3.05) is 19.0 Å². The molecule has 0 radical (unpaired) electrons. The van der Waals surface area contributed by atoms with Crippen LogP contribution in [0, 0.1) is 6.92 Å². The van der Waals surface area contributed by atoms with Crippen molar-refractivity contribution in [2.24, 2.45) is 0 Å². The molecular weight excluding hydrogens is 394 g/mol. The Balaban J connectivity index is 1.45. The van der Waals surface area contributed by atoms with Gasteiger partial charge in [-0.15, -0.1) is 0 Å². The van der Waals surface area contributed by atoms with Gasteiger partial charge < -0.3 is 19.3 Å². The van der Waals surface area contributed by atoms with E-state index in [9.17, 15) is 4.79 Å². The van der Waals surface area contributed by atoms with Crippen LogP contribution < -0.4 is 14.8 Å². The van der Waals surface area contributed by atoms with Gasteiger partial charge in [-0.1, -0.05) is 35.0 Å². The second kappa shape index (κ2) is 9.13.